The van der Waals surface area contributed by atoms with Crippen LogP contribution in [0.2, 0.25) is 0 Å². The zero-order valence-corrected chi connectivity index (χ0v) is 56.5. The Bertz CT molecular complexity index is 5570. The summed E-state index contributed by atoms with van der Waals surface area (Å²) in [7, 11) is 0. The van der Waals surface area contributed by atoms with Crippen LogP contribution in [0, 0.1) is 0 Å². The third-order valence-electron chi connectivity index (χ3n) is 21.9. The largest absolute Gasteiger partial charge is 0.278 e. The van der Waals surface area contributed by atoms with Crippen LogP contribution in [-0.2, 0) is 16.2 Å². The molecule has 19 rings (SSSR count). The second-order valence-corrected chi connectivity index (χ2v) is 28.2. The van der Waals surface area contributed by atoms with Crippen molar-refractivity contribution in [2.24, 2.45) is 0 Å². The fraction of sp³-hybridized carbons (Fsp3) is 0.0737. The molecule has 478 valence electrons. The van der Waals surface area contributed by atoms with Gasteiger partial charge in [0.15, 0.2) is 0 Å². The zero-order valence-electron chi connectivity index (χ0n) is 56.5. The van der Waals surface area contributed by atoms with Gasteiger partial charge in [-0.25, -0.2) is 19.9 Å². The molecule has 0 fully saturated rings. The van der Waals surface area contributed by atoms with Crippen LogP contribution in [0.25, 0.3) is 101 Å². The normalized spacial score (nSPS) is 14.1. The average molecular weight is 1290 g/mol. The molecule has 0 saturated heterocycles. The molecule has 16 aromatic rings. The quantitative estimate of drug-likeness (QED) is 0.114. The second kappa shape index (κ2) is 23.3. The molecule has 4 aromatic heterocycles. The van der Waals surface area contributed by atoms with Crippen LogP contribution in [0.1, 0.15) is 94.5 Å². The van der Waals surface area contributed by atoms with Gasteiger partial charge in [0, 0.05) is 68.5 Å². The second-order valence-electron chi connectivity index (χ2n) is 28.2. The molecule has 3 aliphatic rings. The summed E-state index contributed by atoms with van der Waals surface area (Å²) in [6, 6.07) is 107. The van der Waals surface area contributed by atoms with E-state index in [-0.39, 0.29) is 10.8 Å². The molecule has 6 heteroatoms. The van der Waals surface area contributed by atoms with E-state index < -0.39 is 5.41 Å². The van der Waals surface area contributed by atoms with Crippen molar-refractivity contribution >= 4 is 102 Å². The van der Waals surface area contributed by atoms with E-state index in [0.717, 1.165) is 100.0 Å². The number of nitrogens with zero attached hydrogens (tertiary/aromatic N) is 6. The average Bonchev–Trinajstić information content (AvgIpc) is 1.55. The van der Waals surface area contributed by atoms with Gasteiger partial charge in [-0.2, -0.15) is 0 Å². The van der Waals surface area contributed by atoms with Crippen molar-refractivity contribution in [1.82, 2.24) is 19.9 Å². The van der Waals surface area contributed by atoms with Gasteiger partial charge in [0.2, 0.25) is 0 Å². The topological polar surface area (TPSA) is 58.0 Å². The summed E-state index contributed by atoms with van der Waals surface area (Å²) in [5.41, 5.74) is 23.1. The molecule has 3 aliphatic carbocycles. The van der Waals surface area contributed by atoms with Crippen LogP contribution >= 0.6 is 0 Å². The number of aromatic nitrogens is 4. The molecule has 0 atom stereocenters. The van der Waals surface area contributed by atoms with Gasteiger partial charge in [-0.15, -0.1) is 0 Å². The lowest BCUT2D eigenvalue weighted by Crippen LogP contribution is -2.28. The highest BCUT2D eigenvalue weighted by atomic mass is 15.2. The number of benzene rings is 12. The molecule has 12 aromatic carbocycles. The number of hydrogen-bond donors (Lipinski definition) is 0. The van der Waals surface area contributed by atoms with Crippen LogP contribution in [0.5, 0.6) is 0 Å². The Hall–Kier alpha value is -12.6. The Kier molecular flexibility index (Phi) is 13.7. The fourth-order valence-corrected chi connectivity index (χ4v) is 16.9. The first-order chi connectivity index (χ1) is 49.6. The van der Waals surface area contributed by atoms with E-state index in [4.69, 9.17) is 19.9 Å². The Morgan fingerprint density at radius 1 is 0.248 bits per heavy atom. The van der Waals surface area contributed by atoms with E-state index in [1.807, 2.05) is 24.8 Å². The summed E-state index contributed by atoms with van der Waals surface area (Å²) in [5.74, 6) is 3.39. The Labute approximate surface area is 588 Å². The minimum Gasteiger partial charge on any atom is -0.278 e. The van der Waals surface area contributed by atoms with Crippen molar-refractivity contribution in [3.63, 3.8) is 0 Å². The lowest BCUT2D eigenvalue weighted by molar-refractivity contribution is 0.660. The van der Waals surface area contributed by atoms with Gasteiger partial charge < -0.3 is 0 Å². The predicted octanol–water partition coefficient (Wildman–Crippen LogP) is 24.1. The van der Waals surface area contributed by atoms with E-state index in [1.54, 1.807) is 0 Å². The fourth-order valence-electron chi connectivity index (χ4n) is 16.9. The van der Waals surface area contributed by atoms with E-state index >= 15 is 0 Å². The minimum atomic E-state index is -0.600. The molecular weight excluding hydrogens is 1230 g/mol. The minimum absolute atomic E-state index is 0.303. The Morgan fingerprint density at radius 3 is 0.822 bits per heavy atom. The molecule has 101 heavy (non-hydrogen) atoms. The number of fused-ring (bicyclic) bond motifs is 13. The van der Waals surface area contributed by atoms with Crippen molar-refractivity contribution in [2.45, 2.75) is 43.9 Å². The molecule has 0 bridgehead atoms. The van der Waals surface area contributed by atoms with Crippen molar-refractivity contribution in [2.75, 3.05) is 9.80 Å². The van der Waals surface area contributed by atoms with Crippen molar-refractivity contribution < 1.29 is 0 Å². The van der Waals surface area contributed by atoms with Gasteiger partial charge in [0.25, 0.3) is 0 Å². The van der Waals surface area contributed by atoms with E-state index in [1.165, 1.54) is 77.9 Å². The molecule has 0 unspecified atom stereocenters. The third-order valence-corrected chi connectivity index (χ3v) is 21.9. The Balaban J connectivity index is 0.646. The zero-order chi connectivity index (χ0) is 67.6. The lowest BCUT2D eigenvalue weighted by atomic mass is 9.67. The molecule has 6 nitrogen and oxygen atoms in total. The number of pyridine rings is 4. The number of rotatable bonds is 12. The van der Waals surface area contributed by atoms with Gasteiger partial charge in [-0.05, 0) is 182 Å². The number of hydrogen-bond acceptors (Lipinski definition) is 6. The predicted molar refractivity (Wildman–Crippen MR) is 420 cm³/mol. The first kappa shape index (κ1) is 59.6. The first-order valence-electron chi connectivity index (χ1n) is 34.9. The molecule has 0 amide bonds. The SMILES string of the molecule is CC1(C)c2cc(C=Cc3ccc4c(c3)C(c3ccccc3)(c3ccccc3)c3cc(C=Cc5ccc6c(c5)C(C)(C)c5cc(N(c7nccc8ccccc78)c7nccc8ccccc78)ccc5-6)ccc3-4)ccc2-c2ccc(N(c3nccc4ccccc34)c3nccc4ccccc34)cc21. The molecule has 0 aliphatic heterocycles. The van der Waals surface area contributed by atoms with E-state index in [0.29, 0.717) is 0 Å². The van der Waals surface area contributed by atoms with Crippen LogP contribution in [0.4, 0.5) is 34.6 Å². The smallest absolute Gasteiger partial charge is 0.146 e. The van der Waals surface area contributed by atoms with Gasteiger partial charge in [-0.3, -0.25) is 9.80 Å². The van der Waals surface area contributed by atoms with Gasteiger partial charge in [0.05, 0.1) is 5.41 Å². The van der Waals surface area contributed by atoms with Crippen LogP contribution in [0.15, 0.2) is 316 Å². The summed E-state index contributed by atoms with van der Waals surface area (Å²) in [4.78, 5) is 24.9. The highest BCUT2D eigenvalue weighted by Crippen LogP contribution is 2.58. The molecule has 0 N–H and O–H groups in total. The maximum atomic E-state index is 5.09. The van der Waals surface area contributed by atoms with Crippen LogP contribution in [-0.4, -0.2) is 19.9 Å². The molecule has 0 radical (unpaired) electrons. The summed E-state index contributed by atoms with van der Waals surface area (Å²) in [6.07, 6.45) is 16.8. The molecule has 0 spiro atoms. The van der Waals surface area contributed by atoms with Crippen molar-refractivity contribution in [3.05, 3.63) is 383 Å². The first-order valence-corrected chi connectivity index (χ1v) is 34.9. The number of anilines is 6. The van der Waals surface area contributed by atoms with E-state index in [9.17, 15) is 0 Å². The third kappa shape index (κ3) is 9.46. The van der Waals surface area contributed by atoms with Crippen LogP contribution in [0.3, 0.4) is 0 Å². The molecule has 4 heterocycles. The standard InChI is InChI=1S/C95H68N6/c1-93(2)83-55-61(35-41-77(83)79-45-39-71(59-85(79)93)100(89-73-27-15-11-19-65(73)47-51-96-89)90-74-28-16-12-20-66(74)48-52-97-90)31-33-63-37-43-81-82-44-38-64(58-88(82)95(87(81)57-63,69-23-7-5-8-24-69)70-25-9-6-10-26-70)34-32-62-36-42-78-80-46-40-72(60-86(80)94(3,4)84(78)56-62)101(91-75-29-17-13-21-67(75)49-53-98-91)92-76-30-18-14-22-68(76)50-54-99-92/h5-60H,1-4H3. The summed E-state index contributed by atoms with van der Waals surface area (Å²) >= 11 is 0. The Morgan fingerprint density at radius 2 is 0.505 bits per heavy atom. The van der Waals surface area contributed by atoms with Gasteiger partial charge in [-0.1, -0.05) is 283 Å². The summed E-state index contributed by atoms with van der Waals surface area (Å²) in [5, 5.41) is 8.77. The van der Waals surface area contributed by atoms with E-state index in [2.05, 4.69) is 353 Å². The highest BCUT2D eigenvalue weighted by molar-refractivity contribution is 6.05. The van der Waals surface area contributed by atoms with Gasteiger partial charge >= 0.3 is 0 Å². The van der Waals surface area contributed by atoms with Crippen molar-refractivity contribution in [3.8, 4) is 33.4 Å². The van der Waals surface area contributed by atoms with Crippen LogP contribution < -0.4 is 9.80 Å². The molecule has 0 saturated carbocycles. The van der Waals surface area contributed by atoms with Crippen molar-refractivity contribution in [1.29, 1.82) is 0 Å². The van der Waals surface area contributed by atoms with Gasteiger partial charge in [0.1, 0.15) is 23.3 Å². The monoisotopic (exact) mass is 1290 g/mol. The maximum absolute atomic E-state index is 5.09. The lowest BCUT2D eigenvalue weighted by Gasteiger charge is -2.34. The maximum Gasteiger partial charge on any atom is 0.146 e. The highest BCUT2D eigenvalue weighted by Gasteiger charge is 2.47. The summed E-state index contributed by atoms with van der Waals surface area (Å²) < 4.78 is 0. The summed E-state index contributed by atoms with van der Waals surface area (Å²) in [6.45, 7) is 9.47. The molecular formula is C95H68N6.